The lowest BCUT2D eigenvalue weighted by Crippen LogP contribution is -2.61. The predicted molar refractivity (Wildman–Crippen MR) is 67.2 cm³/mol. The molecular weight excluding hydrogens is 216 g/mol. The van der Waals surface area contributed by atoms with Gasteiger partial charge in [-0.3, -0.25) is 9.69 Å². The molecule has 1 fully saturated rings. The third kappa shape index (κ3) is 2.26. The normalized spacial score (nSPS) is 20.6. The Morgan fingerprint density at radius 1 is 1.24 bits per heavy atom. The first-order valence-corrected chi connectivity index (χ1v) is 5.71. The van der Waals surface area contributed by atoms with Crippen molar-refractivity contribution >= 4 is 11.6 Å². The molecule has 1 aromatic rings. The molecule has 0 aliphatic carbocycles. The Morgan fingerprint density at radius 3 is 2.35 bits per heavy atom. The van der Waals surface area contributed by atoms with Gasteiger partial charge in [-0.15, -0.1) is 0 Å². The van der Waals surface area contributed by atoms with E-state index in [1.54, 1.807) is 24.3 Å². The molecule has 1 amide bonds. The molecule has 4 heteroatoms. The topological polar surface area (TPSA) is 43.8 Å². The fourth-order valence-corrected chi connectivity index (χ4v) is 2.52. The number of rotatable bonds is 1. The van der Waals surface area contributed by atoms with Crippen molar-refractivity contribution in [2.75, 3.05) is 25.0 Å². The summed E-state index contributed by atoms with van der Waals surface area (Å²) < 4.78 is 0. The number of likely N-dealkylation sites (N-methyl/N-ethyl adjacent to an activating group) is 1. The average Bonchev–Trinajstić information content (AvgIpc) is 2.18. The van der Waals surface area contributed by atoms with Crippen molar-refractivity contribution in [2.45, 2.75) is 19.4 Å². The van der Waals surface area contributed by atoms with Gasteiger partial charge in [-0.05, 0) is 45.2 Å². The highest BCUT2D eigenvalue weighted by molar-refractivity contribution is 5.97. The van der Waals surface area contributed by atoms with Crippen LogP contribution < -0.4 is 4.90 Å². The van der Waals surface area contributed by atoms with E-state index < -0.39 is 0 Å². The van der Waals surface area contributed by atoms with Crippen molar-refractivity contribution < 1.29 is 9.90 Å². The Balaban J connectivity index is 2.35. The molecule has 1 aromatic carbocycles. The number of benzene rings is 1. The minimum Gasteiger partial charge on any atom is -0.508 e. The van der Waals surface area contributed by atoms with Gasteiger partial charge in [0.2, 0.25) is 5.91 Å². The SMILES string of the molecule is CN1CC(=O)N(c2ccc(O)cc2)C(C)(C)C1. The summed E-state index contributed by atoms with van der Waals surface area (Å²) in [7, 11) is 1.95. The second kappa shape index (κ2) is 4.04. The third-order valence-electron chi connectivity index (χ3n) is 3.02. The van der Waals surface area contributed by atoms with E-state index in [9.17, 15) is 9.90 Å². The van der Waals surface area contributed by atoms with E-state index in [1.807, 2.05) is 30.7 Å². The van der Waals surface area contributed by atoms with E-state index in [1.165, 1.54) is 0 Å². The number of nitrogens with zero attached hydrogens (tertiary/aromatic N) is 2. The predicted octanol–water partition coefficient (Wildman–Crippen LogP) is 1.45. The van der Waals surface area contributed by atoms with Gasteiger partial charge in [0.25, 0.3) is 0 Å². The van der Waals surface area contributed by atoms with Gasteiger partial charge >= 0.3 is 0 Å². The maximum absolute atomic E-state index is 12.1. The van der Waals surface area contributed by atoms with Crippen molar-refractivity contribution in [3.05, 3.63) is 24.3 Å². The van der Waals surface area contributed by atoms with Crippen LogP contribution in [0, 0.1) is 0 Å². The van der Waals surface area contributed by atoms with Crippen LogP contribution in [0.25, 0.3) is 0 Å². The van der Waals surface area contributed by atoms with Gasteiger partial charge in [-0.25, -0.2) is 0 Å². The van der Waals surface area contributed by atoms with Crippen LogP contribution >= 0.6 is 0 Å². The highest BCUT2D eigenvalue weighted by Crippen LogP contribution is 2.29. The Kier molecular flexibility index (Phi) is 2.83. The standard InChI is InChI=1S/C13H18N2O2/c1-13(2)9-14(3)8-12(17)15(13)10-4-6-11(16)7-5-10/h4-7,16H,8-9H2,1-3H3. The van der Waals surface area contributed by atoms with Crippen LogP contribution in [0.3, 0.4) is 0 Å². The maximum atomic E-state index is 12.1. The number of carbonyl (C=O) groups excluding carboxylic acids is 1. The minimum absolute atomic E-state index is 0.0921. The summed E-state index contributed by atoms with van der Waals surface area (Å²) in [6.45, 7) is 5.37. The van der Waals surface area contributed by atoms with E-state index in [2.05, 4.69) is 0 Å². The molecule has 1 heterocycles. The summed E-state index contributed by atoms with van der Waals surface area (Å²) in [6, 6.07) is 6.77. The smallest absolute Gasteiger partial charge is 0.241 e. The zero-order valence-corrected chi connectivity index (χ0v) is 10.5. The highest BCUT2D eigenvalue weighted by Gasteiger charge is 2.37. The van der Waals surface area contributed by atoms with Crippen LogP contribution in [0.1, 0.15) is 13.8 Å². The molecule has 0 radical (unpaired) electrons. The fourth-order valence-electron chi connectivity index (χ4n) is 2.52. The largest absolute Gasteiger partial charge is 0.508 e. The van der Waals surface area contributed by atoms with Crippen LogP contribution in [0.15, 0.2) is 24.3 Å². The summed E-state index contributed by atoms with van der Waals surface area (Å²) in [4.78, 5) is 16.0. The lowest BCUT2D eigenvalue weighted by Gasteiger charge is -2.45. The molecule has 4 nitrogen and oxygen atoms in total. The molecular formula is C13H18N2O2. The Bertz CT molecular complexity index is 426. The lowest BCUT2D eigenvalue weighted by molar-refractivity contribution is -0.122. The van der Waals surface area contributed by atoms with Crippen LogP contribution in [-0.2, 0) is 4.79 Å². The number of phenols is 1. The number of carbonyl (C=O) groups is 1. The quantitative estimate of drug-likeness (QED) is 0.800. The van der Waals surface area contributed by atoms with Gasteiger partial charge in [0.15, 0.2) is 0 Å². The second-order valence-corrected chi connectivity index (χ2v) is 5.23. The zero-order chi connectivity index (χ0) is 12.6. The monoisotopic (exact) mass is 234 g/mol. The zero-order valence-electron chi connectivity index (χ0n) is 10.5. The summed E-state index contributed by atoms with van der Waals surface area (Å²) in [5.41, 5.74) is 0.604. The Labute approximate surface area is 101 Å². The number of amides is 1. The number of hydrogen-bond donors (Lipinski definition) is 1. The molecule has 1 aliphatic rings. The van der Waals surface area contributed by atoms with Gasteiger partial charge in [0.05, 0.1) is 12.1 Å². The van der Waals surface area contributed by atoms with E-state index in [-0.39, 0.29) is 17.2 Å². The minimum atomic E-state index is -0.235. The summed E-state index contributed by atoms with van der Waals surface area (Å²) >= 11 is 0. The number of aromatic hydroxyl groups is 1. The molecule has 0 atom stereocenters. The molecule has 0 bridgehead atoms. The van der Waals surface area contributed by atoms with Crippen molar-refractivity contribution in [3.63, 3.8) is 0 Å². The van der Waals surface area contributed by atoms with Crippen LogP contribution in [-0.4, -0.2) is 41.6 Å². The summed E-state index contributed by atoms with van der Waals surface area (Å²) in [5.74, 6) is 0.308. The van der Waals surface area contributed by atoms with Crippen LogP contribution in [0.4, 0.5) is 5.69 Å². The molecule has 92 valence electrons. The maximum Gasteiger partial charge on any atom is 0.241 e. The van der Waals surface area contributed by atoms with E-state index in [0.717, 1.165) is 12.2 Å². The van der Waals surface area contributed by atoms with Gasteiger partial charge < -0.3 is 10.0 Å². The van der Waals surface area contributed by atoms with E-state index in [0.29, 0.717) is 6.54 Å². The molecule has 0 unspecified atom stereocenters. The van der Waals surface area contributed by atoms with Crippen molar-refractivity contribution in [2.24, 2.45) is 0 Å². The fraction of sp³-hybridized carbons (Fsp3) is 0.462. The van der Waals surface area contributed by atoms with E-state index >= 15 is 0 Å². The van der Waals surface area contributed by atoms with Gasteiger partial charge in [0.1, 0.15) is 5.75 Å². The van der Waals surface area contributed by atoms with Gasteiger partial charge in [-0.1, -0.05) is 0 Å². The number of phenolic OH excluding ortho intramolecular Hbond substituents is 1. The molecule has 1 N–H and O–H groups in total. The number of hydrogen-bond acceptors (Lipinski definition) is 3. The molecule has 0 spiro atoms. The van der Waals surface area contributed by atoms with E-state index in [4.69, 9.17) is 0 Å². The Hall–Kier alpha value is -1.55. The molecule has 1 saturated heterocycles. The van der Waals surface area contributed by atoms with Gasteiger partial charge in [0, 0.05) is 12.2 Å². The molecule has 0 saturated carbocycles. The number of piperazine rings is 1. The number of anilines is 1. The van der Waals surface area contributed by atoms with Crippen molar-refractivity contribution in [1.82, 2.24) is 4.90 Å². The molecule has 1 aliphatic heterocycles. The average molecular weight is 234 g/mol. The van der Waals surface area contributed by atoms with Crippen LogP contribution in [0.2, 0.25) is 0 Å². The van der Waals surface area contributed by atoms with Gasteiger partial charge in [-0.2, -0.15) is 0 Å². The van der Waals surface area contributed by atoms with Crippen molar-refractivity contribution in [3.8, 4) is 5.75 Å². The molecule has 2 rings (SSSR count). The summed E-state index contributed by atoms with van der Waals surface area (Å²) in [5, 5.41) is 9.28. The molecule has 0 aromatic heterocycles. The second-order valence-electron chi connectivity index (χ2n) is 5.23. The third-order valence-corrected chi connectivity index (χ3v) is 3.02. The first kappa shape index (κ1) is 11.9. The van der Waals surface area contributed by atoms with Crippen molar-refractivity contribution in [1.29, 1.82) is 0 Å². The van der Waals surface area contributed by atoms with Crippen LogP contribution in [0.5, 0.6) is 5.75 Å². The first-order chi connectivity index (χ1) is 7.90. The summed E-state index contributed by atoms with van der Waals surface area (Å²) in [6.07, 6.45) is 0. The first-order valence-electron chi connectivity index (χ1n) is 5.71. The highest BCUT2D eigenvalue weighted by atomic mass is 16.3. The molecule has 17 heavy (non-hydrogen) atoms. The Morgan fingerprint density at radius 2 is 1.82 bits per heavy atom. The lowest BCUT2D eigenvalue weighted by atomic mass is 9.97.